The molecular formula is C50H61FN8O9S. The number of H-pyrrole nitrogens is 1. The number of fused-ring (bicyclic) bond motifs is 1. The second kappa shape index (κ2) is 18.8. The molecule has 2 atom stereocenters. The van der Waals surface area contributed by atoms with Gasteiger partial charge in [0.05, 0.1) is 39.9 Å². The number of aromatic amines is 1. The normalized spacial score (nSPS) is 22.9. The minimum atomic E-state index is -4.74. The lowest BCUT2D eigenvalue weighted by molar-refractivity contribution is -0.384. The highest BCUT2D eigenvalue weighted by Crippen LogP contribution is 2.49. The van der Waals surface area contributed by atoms with Gasteiger partial charge in [0.2, 0.25) is 5.82 Å². The summed E-state index contributed by atoms with van der Waals surface area (Å²) in [6, 6.07) is 15.8. The summed E-state index contributed by atoms with van der Waals surface area (Å²) in [5.74, 6) is -1.35. The smallest absolute Gasteiger partial charge is 0.312 e. The molecule has 1 spiro atoms. The molecule has 2 aliphatic heterocycles. The van der Waals surface area contributed by atoms with Crippen molar-refractivity contribution in [3.63, 3.8) is 0 Å². The van der Waals surface area contributed by atoms with Gasteiger partial charge < -0.3 is 34.9 Å². The fourth-order valence-electron chi connectivity index (χ4n) is 11.0. The predicted octanol–water partition coefficient (Wildman–Crippen LogP) is 8.13. The van der Waals surface area contributed by atoms with Crippen LogP contribution in [0.2, 0.25) is 0 Å². The molecule has 0 unspecified atom stereocenters. The molecule has 1 amide bonds. The molecule has 17 nitrogen and oxygen atoms in total. The van der Waals surface area contributed by atoms with Crippen molar-refractivity contribution in [1.29, 1.82) is 0 Å². The van der Waals surface area contributed by atoms with E-state index in [1.165, 1.54) is 17.7 Å². The Morgan fingerprint density at radius 2 is 1.78 bits per heavy atom. The first-order valence-corrected chi connectivity index (χ1v) is 25.4. The van der Waals surface area contributed by atoms with Crippen LogP contribution in [-0.4, -0.2) is 100 Å². The van der Waals surface area contributed by atoms with Crippen molar-refractivity contribution in [2.45, 2.75) is 114 Å². The molecule has 2 saturated heterocycles. The van der Waals surface area contributed by atoms with E-state index in [4.69, 9.17) is 9.47 Å². The molecule has 19 heteroatoms. The van der Waals surface area contributed by atoms with Crippen molar-refractivity contribution < 1.29 is 42.2 Å². The maximum atomic E-state index is 14.9. The summed E-state index contributed by atoms with van der Waals surface area (Å²) in [5.41, 5.74) is 0.867. The summed E-state index contributed by atoms with van der Waals surface area (Å²) in [7, 11) is -4.74. The first kappa shape index (κ1) is 48.1. The fourth-order valence-corrected chi connectivity index (χ4v) is 11.9. The standard InChI is InChI=1S/C50H61FN8O9S/c1-5-67-47-43(25-37-39(51)28-54-44(37)55-47)68-42-23-32(57-21-19-50(20-22-57)29-58(30-50)40-12-8-10-35(40)34-9-6-7-11-38(34)48(2,3)61)13-14-36(42)46(60)56-69(65,66)33-24-41(59(63)64)45(53-27-33)52-26-31-15-17-49(4,62)18-16-31/h6-7,9,11,13-14,23-25,27-28,31,35,40,61-62H,5,8,10,12,15-22,26,29-30H2,1-4H3,(H,52,53)(H,54,55)(H,56,60)/t31-,35-,40-,49-/m0/s1. The van der Waals surface area contributed by atoms with Gasteiger partial charge in [-0.3, -0.25) is 19.8 Å². The van der Waals surface area contributed by atoms with Crippen LogP contribution in [0.4, 0.5) is 21.6 Å². The van der Waals surface area contributed by atoms with Crippen LogP contribution >= 0.6 is 0 Å². The van der Waals surface area contributed by atoms with E-state index in [2.05, 4.69) is 42.2 Å². The number of pyridine rings is 2. The summed E-state index contributed by atoms with van der Waals surface area (Å²) in [5, 5.41) is 36.6. The number of hydrogen-bond donors (Lipinski definition) is 5. The number of aromatic nitrogens is 3. The largest absolute Gasteiger partial charge is 0.475 e. The van der Waals surface area contributed by atoms with E-state index < -0.39 is 48.5 Å². The van der Waals surface area contributed by atoms with Crippen molar-refractivity contribution in [2.24, 2.45) is 11.3 Å². The number of aliphatic hydroxyl groups is 2. The van der Waals surface area contributed by atoms with E-state index in [-0.39, 0.29) is 57.7 Å². The van der Waals surface area contributed by atoms with Gasteiger partial charge in [-0.2, -0.15) is 4.98 Å². The Hall–Kier alpha value is -5.89. The van der Waals surface area contributed by atoms with Crippen LogP contribution in [-0.2, 0) is 15.6 Å². The molecule has 9 rings (SSSR count). The number of anilines is 2. The molecule has 4 fully saturated rings. The van der Waals surface area contributed by atoms with Crippen molar-refractivity contribution in [1.82, 2.24) is 24.6 Å². The lowest BCUT2D eigenvalue weighted by Gasteiger charge is -2.57. The Kier molecular flexibility index (Phi) is 13.1. The SMILES string of the molecule is CCOc1nc2[nH]cc(F)c2cc1Oc1cc(N2CCC3(CC2)CN([C@H]2CCC[C@H]2c2ccccc2C(C)(C)O)C3)ccc1C(=O)NS(=O)(=O)c1cnc(NC[C@H]2CC[C@](C)(O)CC2)c([N+](=O)[O-])c1. The van der Waals surface area contributed by atoms with E-state index >= 15 is 0 Å². The summed E-state index contributed by atoms with van der Waals surface area (Å²) >= 11 is 0. The average molecular weight is 969 g/mol. The topological polar surface area (TPSA) is 225 Å². The number of piperidine rings is 1. The van der Waals surface area contributed by atoms with Gasteiger partial charge in [-0.25, -0.2) is 22.5 Å². The molecule has 69 heavy (non-hydrogen) atoms. The van der Waals surface area contributed by atoms with Crippen molar-refractivity contribution in [2.75, 3.05) is 49.5 Å². The Morgan fingerprint density at radius 1 is 1.04 bits per heavy atom. The number of carbonyl (C=O) groups excluding carboxylic acids is 1. The number of amides is 1. The third-order valence-electron chi connectivity index (χ3n) is 14.8. The second-order valence-electron chi connectivity index (χ2n) is 20.2. The summed E-state index contributed by atoms with van der Waals surface area (Å²) in [4.78, 5) is 41.1. The van der Waals surface area contributed by atoms with Crippen molar-refractivity contribution in [3.05, 3.63) is 99.6 Å². The second-order valence-corrected chi connectivity index (χ2v) is 21.9. The molecule has 0 radical (unpaired) electrons. The number of sulfonamides is 1. The Morgan fingerprint density at radius 3 is 2.49 bits per heavy atom. The number of hydrogen-bond acceptors (Lipinski definition) is 14. The molecule has 5 aromatic rings. The molecular weight excluding hydrogens is 908 g/mol. The Balaban J connectivity index is 0.934. The molecule has 0 bridgehead atoms. The van der Waals surface area contributed by atoms with Crippen LogP contribution in [0.5, 0.6) is 17.4 Å². The third kappa shape index (κ3) is 10.1. The van der Waals surface area contributed by atoms with Crippen LogP contribution in [0.3, 0.4) is 0 Å². The van der Waals surface area contributed by atoms with Gasteiger partial charge in [0, 0.05) is 68.8 Å². The minimum absolute atomic E-state index is 0.0130. The van der Waals surface area contributed by atoms with E-state index in [1.54, 1.807) is 26.0 Å². The fraction of sp³-hybridized carbons (Fsp3) is 0.500. The van der Waals surface area contributed by atoms with Crippen LogP contribution < -0.4 is 24.4 Å². The Bertz CT molecular complexity index is 2840. The number of nitrogens with zero attached hydrogens (tertiary/aromatic N) is 5. The predicted molar refractivity (Wildman–Crippen MR) is 258 cm³/mol. The van der Waals surface area contributed by atoms with E-state index in [0.29, 0.717) is 57.3 Å². The molecule has 368 valence electrons. The van der Waals surface area contributed by atoms with Gasteiger partial charge in [0.1, 0.15) is 22.1 Å². The highest BCUT2D eigenvalue weighted by molar-refractivity contribution is 7.90. The zero-order valence-electron chi connectivity index (χ0n) is 39.5. The first-order chi connectivity index (χ1) is 32.8. The first-order valence-electron chi connectivity index (χ1n) is 23.9. The number of ether oxygens (including phenoxy) is 2. The van der Waals surface area contributed by atoms with Crippen molar-refractivity contribution in [3.8, 4) is 17.4 Å². The van der Waals surface area contributed by atoms with Gasteiger partial charge in [0.15, 0.2) is 5.75 Å². The highest BCUT2D eigenvalue weighted by atomic mass is 32.2. The summed E-state index contributed by atoms with van der Waals surface area (Å²) < 4.78 is 56.7. The molecule has 2 saturated carbocycles. The zero-order chi connectivity index (χ0) is 48.9. The van der Waals surface area contributed by atoms with Gasteiger partial charge in [-0.1, -0.05) is 30.7 Å². The number of rotatable bonds is 15. The Labute approximate surface area is 401 Å². The lowest BCUT2D eigenvalue weighted by atomic mass is 9.70. The van der Waals surface area contributed by atoms with Crippen LogP contribution in [0, 0.1) is 27.3 Å². The molecule has 2 aromatic carbocycles. The molecule has 3 aromatic heterocycles. The van der Waals surface area contributed by atoms with Gasteiger partial charge in [0.25, 0.3) is 21.8 Å². The molecule has 5 heterocycles. The maximum absolute atomic E-state index is 14.9. The molecule has 5 N–H and O–H groups in total. The maximum Gasteiger partial charge on any atom is 0.312 e. The van der Waals surface area contributed by atoms with Gasteiger partial charge in [-0.05, 0) is 120 Å². The van der Waals surface area contributed by atoms with Gasteiger partial charge >= 0.3 is 5.69 Å². The van der Waals surface area contributed by atoms with E-state index in [0.717, 1.165) is 74.9 Å². The molecule has 2 aliphatic carbocycles. The average Bonchev–Trinajstić information content (AvgIpc) is 3.93. The van der Waals surface area contributed by atoms with Crippen LogP contribution in [0.1, 0.15) is 113 Å². The quantitative estimate of drug-likeness (QED) is 0.0494. The summed E-state index contributed by atoms with van der Waals surface area (Å²) in [6.07, 6.45) is 9.92. The van der Waals surface area contributed by atoms with Crippen LogP contribution in [0.15, 0.2) is 71.9 Å². The third-order valence-corrected chi connectivity index (χ3v) is 16.1. The number of likely N-dealkylation sites (tertiary alicyclic amines) is 1. The summed E-state index contributed by atoms with van der Waals surface area (Å²) in [6.45, 7) is 11.2. The van der Waals surface area contributed by atoms with Crippen molar-refractivity contribution >= 4 is 44.2 Å². The minimum Gasteiger partial charge on any atom is -0.475 e. The van der Waals surface area contributed by atoms with E-state index in [1.807, 2.05) is 30.7 Å². The number of halogens is 1. The number of carbonyl (C=O) groups is 1. The number of nitrogens with one attached hydrogen (secondary N) is 3. The zero-order valence-corrected chi connectivity index (χ0v) is 40.3. The van der Waals surface area contributed by atoms with E-state index in [9.17, 15) is 37.9 Å². The monoisotopic (exact) mass is 968 g/mol. The molecule has 4 aliphatic rings. The van der Waals surface area contributed by atoms with Crippen LogP contribution in [0.25, 0.3) is 11.0 Å². The highest BCUT2D eigenvalue weighted by Gasteiger charge is 2.50. The number of benzene rings is 2. The van der Waals surface area contributed by atoms with Gasteiger partial charge in [-0.15, -0.1) is 0 Å². The lowest BCUT2D eigenvalue weighted by Crippen LogP contribution is -2.63. The number of nitro groups is 1.